The zero-order chi connectivity index (χ0) is 15.0. The Morgan fingerprint density at radius 1 is 1.38 bits per heavy atom. The summed E-state index contributed by atoms with van der Waals surface area (Å²) >= 11 is 1.40. The molecular formula is C17H21NO2S. The Kier molecular flexibility index (Phi) is 4.00. The number of hydrogen-bond acceptors (Lipinski definition) is 3. The third kappa shape index (κ3) is 2.70. The summed E-state index contributed by atoms with van der Waals surface area (Å²) in [6, 6.07) is 8.54. The number of carboxylic acids is 1. The summed E-state index contributed by atoms with van der Waals surface area (Å²) in [4.78, 5) is 14.5. The minimum absolute atomic E-state index is 0.502. The molecule has 1 aliphatic heterocycles. The number of rotatable bonds is 3. The van der Waals surface area contributed by atoms with Gasteiger partial charge in [0.25, 0.3) is 0 Å². The van der Waals surface area contributed by atoms with Crippen molar-refractivity contribution in [2.45, 2.75) is 39.3 Å². The normalized spacial score (nSPS) is 23.5. The highest BCUT2D eigenvalue weighted by Crippen LogP contribution is 2.34. The standard InChI is InChI=1S/C17H21NO2S/c1-11-6-5-9-18(12(11)2)10-14-13-7-3-4-8-15(13)21-16(14)17(19)20/h3-4,7-8,11-12H,5-6,9-10H2,1-2H3,(H,19,20). The van der Waals surface area contributed by atoms with E-state index in [2.05, 4.69) is 18.7 Å². The Bertz CT molecular complexity index is 664. The third-order valence-electron chi connectivity index (χ3n) is 4.76. The monoisotopic (exact) mass is 303 g/mol. The molecule has 2 heterocycles. The topological polar surface area (TPSA) is 40.5 Å². The Morgan fingerprint density at radius 3 is 2.90 bits per heavy atom. The molecule has 3 rings (SSSR count). The number of thiophene rings is 1. The summed E-state index contributed by atoms with van der Waals surface area (Å²) in [7, 11) is 0. The highest BCUT2D eigenvalue weighted by atomic mass is 32.1. The van der Waals surface area contributed by atoms with Crippen LogP contribution in [0.15, 0.2) is 24.3 Å². The van der Waals surface area contributed by atoms with Crippen LogP contribution in [-0.2, 0) is 6.54 Å². The van der Waals surface area contributed by atoms with Gasteiger partial charge in [-0.15, -0.1) is 11.3 Å². The SMILES string of the molecule is CC1CCCN(Cc2c(C(=O)O)sc3ccccc23)C1C. The molecule has 2 atom stereocenters. The van der Waals surface area contributed by atoms with E-state index in [1.807, 2.05) is 24.3 Å². The second-order valence-corrected chi connectivity index (χ2v) is 7.09. The van der Waals surface area contributed by atoms with Gasteiger partial charge in [0, 0.05) is 17.3 Å². The van der Waals surface area contributed by atoms with Crippen molar-refractivity contribution in [3.63, 3.8) is 0 Å². The highest BCUT2D eigenvalue weighted by Gasteiger charge is 2.27. The molecule has 3 nitrogen and oxygen atoms in total. The number of aromatic carboxylic acids is 1. The third-order valence-corrected chi connectivity index (χ3v) is 5.96. The van der Waals surface area contributed by atoms with E-state index in [9.17, 15) is 9.90 Å². The lowest BCUT2D eigenvalue weighted by Gasteiger charge is -2.38. The summed E-state index contributed by atoms with van der Waals surface area (Å²) in [5, 5.41) is 10.6. The van der Waals surface area contributed by atoms with Gasteiger partial charge in [-0.2, -0.15) is 0 Å². The Balaban J connectivity index is 1.99. The molecule has 0 saturated carbocycles. The van der Waals surface area contributed by atoms with Crippen LogP contribution in [0.2, 0.25) is 0 Å². The average molecular weight is 303 g/mol. The van der Waals surface area contributed by atoms with Crippen LogP contribution in [0.3, 0.4) is 0 Å². The molecule has 0 radical (unpaired) electrons. The largest absolute Gasteiger partial charge is 0.477 e. The number of piperidine rings is 1. The van der Waals surface area contributed by atoms with Crippen LogP contribution < -0.4 is 0 Å². The van der Waals surface area contributed by atoms with Gasteiger partial charge >= 0.3 is 5.97 Å². The molecule has 1 aliphatic rings. The molecular weight excluding hydrogens is 282 g/mol. The van der Waals surface area contributed by atoms with Crippen LogP contribution >= 0.6 is 11.3 Å². The Hall–Kier alpha value is -1.39. The second-order valence-electron chi connectivity index (χ2n) is 6.04. The minimum Gasteiger partial charge on any atom is -0.477 e. The number of carboxylic acid groups (broad SMARTS) is 1. The lowest BCUT2D eigenvalue weighted by molar-refractivity contribution is 0.0696. The van der Waals surface area contributed by atoms with Gasteiger partial charge in [-0.05, 0) is 49.2 Å². The number of nitrogens with zero attached hydrogens (tertiary/aromatic N) is 1. The molecule has 0 bridgehead atoms. The number of hydrogen-bond donors (Lipinski definition) is 1. The van der Waals surface area contributed by atoms with Crippen molar-refractivity contribution in [3.8, 4) is 0 Å². The summed E-state index contributed by atoms with van der Waals surface area (Å²) in [5.74, 6) is -0.124. The van der Waals surface area contributed by atoms with Crippen LogP contribution in [0, 0.1) is 5.92 Å². The van der Waals surface area contributed by atoms with Crippen LogP contribution in [0.25, 0.3) is 10.1 Å². The van der Waals surface area contributed by atoms with Crippen molar-refractivity contribution in [2.24, 2.45) is 5.92 Å². The maximum atomic E-state index is 11.6. The van der Waals surface area contributed by atoms with Gasteiger partial charge in [-0.3, -0.25) is 4.90 Å². The molecule has 2 unspecified atom stereocenters. The fourth-order valence-corrected chi connectivity index (χ4v) is 4.33. The van der Waals surface area contributed by atoms with Crippen molar-refractivity contribution >= 4 is 27.4 Å². The summed E-state index contributed by atoms with van der Waals surface area (Å²) < 4.78 is 1.07. The molecule has 112 valence electrons. The molecule has 2 aromatic rings. The minimum atomic E-state index is -0.802. The van der Waals surface area contributed by atoms with Crippen LogP contribution in [0.5, 0.6) is 0 Å². The molecule has 1 fully saturated rings. The molecule has 0 aliphatic carbocycles. The van der Waals surface area contributed by atoms with Crippen molar-refractivity contribution in [2.75, 3.05) is 6.54 Å². The number of carbonyl (C=O) groups is 1. The van der Waals surface area contributed by atoms with Crippen LogP contribution in [-0.4, -0.2) is 28.6 Å². The van der Waals surface area contributed by atoms with Crippen LogP contribution in [0.1, 0.15) is 41.9 Å². The lowest BCUT2D eigenvalue weighted by Crippen LogP contribution is -2.41. The van der Waals surface area contributed by atoms with E-state index >= 15 is 0 Å². The lowest BCUT2D eigenvalue weighted by atomic mass is 9.91. The Morgan fingerprint density at radius 2 is 2.14 bits per heavy atom. The summed E-state index contributed by atoms with van der Waals surface area (Å²) in [5.41, 5.74) is 0.990. The number of benzene rings is 1. The first-order chi connectivity index (χ1) is 10.1. The fourth-order valence-electron chi connectivity index (χ4n) is 3.28. The second kappa shape index (κ2) is 5.78. The predicted molar refractivity (Wildman–Crippen MR) is 87.1 cm³/mol. The van der Waals surface area contributed by atoms with Crippen LogP contribution in [0.4, 0.5) is 0 Å². The maximum absolute atomic E-state index is 11.6. The van der Waals surface area contributed by atoms with Gasteiger partial charge in [-0.25, -0.2) is 4.79 Å². The van der Waals surface area contributed by atoms with E-state index in [4.69, 9.17) is 0 Å². The Labute approximate surface area is 129 Å². The first-order valence-corrected chi connectivity index (χ1v) is 8.37. The molecule has 1 saturated heterocycles. The highest BCUT2D eigenvalue weighted by molar-refractivity contribution is 7.21. The van der Waals surface area contributed by atoms with Gasteiger partial charge in [0.05, 0.1) is 0 Å². The van der Waals surface area contributed by atoms with E-state index in [0.717, 1.165) is 28.7 Å². The molecule has 0 spiro atoms. The maximum Gasteiger partial charge on any atom is 0.346 e. The zero-order valence-electron chi connectivity index (χ0n) is 12.5. The van der Waals surface area contributed by atoms with Gasteiger partial charge in [0.2, 0.25) is 0 Å². The quantitative estimate of drug-likeness (QED) is 0.923. The zero-order valence-corrected chi connectivity index (χ0v) is 13.3. The molecule has 21 heavy (non-hydrogen) atoms. The van der Waals surface area contributed by atoms with Crippen molar-refractivity contribution < 1.29 is 9.90 Å². The molecule has 0 amide bonds. The van der Waals surface area contributed by atoms with Gasteiger partial charge in [0.1, 0.15) is 4.88 Å². The smallest absolute Gasteiger partial charge is 0.346 e. The molecule has 1 N–H and O–H groups in total. The molecule has 1 aromatic heterocycles. The van der Waals surface area contributed by atoms with Crippen molar-refractivity contribution in [3.05, 3.63) is 34.7 Å². The molecule has 4 heteroatoms. The summed E-state index contributed by atoms with van der Waals surface area (Å²) in [6.45, 7) is 6.37. The van der Waals surface area contributed by atoms with E-state index in [1.165, 1.54) is 24.2 Å². The summed E-state index contributed by atoms with van der Waals surface area (Å²) in [6.07, 6.45) is 2.48. The molecule has 1 aromatic carbocycles. The van der Waals surface area contributed by atoms with Crippen molar-refractivity contribution in [1.82, 2.24) is 4.90 Å². The van der Waals surface area contributed by atoms with Gasteiger partial charge in [0.15, 0.2) is 0 Å². The van der Waals surface area contributed by atoms with E-state index in [1.54, 1.807) is 0 Å². The first kappa shape index (κ1) is 14.5. The average Bonchev–Trinajstić information content (AvgIpc) is 2.83. The van der Waals surface area contributed by atoms with E-state index < -0.39 is 5.97 Å². The van der Waals surface area contributed by atoms with Gasteiger partial charge in [-0.1, -0.05) is 25.1 Å². The van der Waals surface area contributed by atoms with Crippen molar-refractivity contribution in [1.29, 1.82) is 0 Å². The number of likely N-dealkylation sites (tertiary alicyclic amines) is 1. The first-order valence-electron chi connectivity index (χ1n) is 7.55. The fraction of sp³-hybridized carbons (Fsp3) is 0.471. The van der Waals surface area contributed by atoms with E-state index in [0.29, 0.717) is 16.8 Å². The number of fused-ring (bicyclic) bond motifs is 1. The predicted octanol–water partition coefficient (Wildman–Crippen LogP) is 4.22. The van der Waals surface area contributed by atoms with Gasteiger partial charge < -0.3 is 5.11 Å². The van der Waals surface area contributed by atoms with E-state index in [-0.39, 0.29) is 0 Å².